The van der Waals surface area contributed by atoms with Gasteiger partial charge in [0.25, 0.3) is 0 Å². The lowest BCUT2D eigenvalue weighted by atomic mass is 9.98. The van der Waals surface area contributed by atoms with E-state index < -0.39 is 0 Å². The fourth-order valence-electron chi connectivity index (χ4n) is 4.35. The molecule has 2 heteroatoms. The Hall–Kier alpha value is -3.62. The third-order valence-corrected chi connectivity index (χ3v) is 6.86. The Kier molecular flexibility index (Phi) is 5.85. The Morgan fingerprint density at radius 2 is 1.36 bits per heavy atom. The van der Waals surface area contributed by atoms with Crippen LogP contribution in [0.15, 0.2) is 126 Å². The Labute approximate surface area is 203 Å². The first-order chi connectivity index (χ1) is 16.2. The first-order valence-corrected chi connectivity index (χ1v) is 11.8. The molecule has 160 valence electrons. The maximum absolute atomic E-state index is 4.43. The molecule has 0 spiro atoms. The second kappa shape index (κ2) is 9.09. The van der Waals surface area contributed by atoms with Gasteiger partial charge in [-0.15, -0.1) is 0 Å². The lowest BCUT2D eigenvalue weighted by molar-refractivity contribution is 1.18. The highest BCUT2D eigenvalue weighted by atomic mass is 79.9. The predicted molar refractivity (Wildman–Crippen MR) is 147 cm³/mol. The molecular weight excluding hydrogens is 466 g/mol. The first-order valence-electron chi connectivity index (χ1n) is 11.0. The Balaban J connectivity index is 1.67. The van der Waals surface area contributed by atoms with Crippen LogP contribution in [0.2, 0.25) is 0 Å². The van der Waals surface area contributed by atoms with Crippen LogP contribution < -0.4 is 0 Å². The van der Waals surface area contributed by atoms with Crippen molar-refractivity contribution in [1.82, 2.24) is 4.57 Å². The molecule has 0 aliphatic heterocycles. The van der Waals surface area contributed by atoms with Gasteiger partial charge in [-0.25, -0.2) is 0 Å². The summed E-state index contributed by atoms with van der Waals surface area (Å²) in [7, 11) is 0. The molecule has 0 saturated carbocycles. The average Bonchev–Trinajstić information content (AvgIpc) is 3.21. The molecule has 0 atom stereocenters. The SMILES string of the molecule is C=C(C=C(C(Br)=CC)c1ccccc1)c1ccc2c(c1)c1ccccc1n2-c1ccccc1. The molecule has 33 heavy (non-hydrogen) atoms. The highest BCUT2D eigenvalue weighted by Gasteiger charge is 2.13. The molecule has 0 aliphatic rings. The maximum Gasteiger partial charge on any atom is 0.0541 e. The normalized spacial score (nSPS) is 12.4. The minimum Gasteiger partial charge on any atom is -0.309 e. The third kappa shape index (κ3) is 3.99. The van der Waals surface area contributed by atoms with Crippen molar-refractivity contribution in [3.63, 3.8) is 0 Å². The van der Waals surface area contributed by atoms with Gasteiger partial charge in [0.15, 0.2) is 0 Å². The van der Waals surface area contributed by atoms with E-state index in [2.05, 4.69) is 136 Å². The Bertz CT molecular complexity index is 1520. The molecule has 1 heterocycles. The van der Waals surface area contributed by atoms with Gasteiger partial charge in [-0.05, 0) is 65.6 Å². The number of benzene rings is 4. The number of aromatic nitrogens is 1. The summed E-state index contributed by atoms with van der Waals surface area (Å²) in [5.74, 6) is 0. The summed E-state index contributed by atoms with van der Waals surface area (Å²) in [6, 6.07) is 36.2. The van der Waals surface area contributed by atoms with Crippen molar-refractivity contribution < 1.29 is 0 Å². The smallest absolute Gasteiger partial charge is 0.0541 e. The standard InChI is InChI=1S/C31H24BrN/c1-3-29(32)27(23-12-6-4-7-13-23)20-22(2)24-18-19-31-28(21-24)26-16-10-11-17-30(26)33(31)25-14-8-5-9-15-25/h3-21H,2H2,1H3. The predicted octanol–water partition coefficient (Wildman–Crippen LogP) is 9.18. The molecule has 0 fully saturated rings. The van der Waals surface area contributed by atoms with Crippen molar-refractivity contribution >= 4 is 48.9 Å². The largest absolute Gasteiger partial charge is 0.309 e. The summed E-state index contributed by atoms with van der Waals surface area (Å²) in [5.41, 5.74) is 7.94. The van der Waals surface area contributed by atoms with E-state index in [4.69, 9.17) is 0 Å². The number of allylic oxidation sites excluding steroid dienone is 5. The molecular formula is C31H24BrN. The Morgan fingerprint density at radius 3 is 2.09 bits per heavy atom. The molecule has 0 aliphatic carbocycles. The zero-order chi connectivity index (χ0) is 22.8. The monoisotopic (exact) mass is 489 g/mol. The van der Waals surface area contributed by atoms with Crippen LogP contribution in [0.4, 0.5) is 0 Å². The quantitative estimate of drug-likeness (QED) is 0.217. The molecule has 0 N–H and O–H groups in total. The fourth-order valence-corrected chi connectivity index (χ4v) is 4.69. The third-order valence-electron chi connectivity index (χ3n) is 5.97. The van der Waals surface area contributed by atoms with Crippen LogP contribution in [-0.4, -0.2) is 4.57 Å². The van der Waals surface area contributed by atoms with Crippen LogP contribution in [-0.2, 0) is 0 Å². The number of halogens is 1. The van der Waals surface area contributed by atoms with Gasteiger partial charge in [0, 0.05) is 20.9 Å². The second-order valence-electron chi connectivity index (χ2n) is 8.01. The van der Waals surface area contributed by atoms with Crippen LogP contribution >= 0.6 is 15.9 Å². The first kappa shape index (κ1) is 21.2. The zero-order valence-electron chi connectivity index (χ0n) is 18.5. The molecule has 4 aromatic carbocycles. The van der Waals surface area contributed by atoms with E-state index in [1.165, 1.54) is 27.5 Å². The summed E-state index contributed by atoms with van der Waals surface area (Å²) < 4.78 is 3.38. The number of para-hydroxylation sites is 2. The van der Waals surface area contributed by atoms with Crippen LogP contribution in [0.5, 0.6) is 0 Å². The number of rotatable bonds is 5. The highest BCUT2D eigenvalue weighted by Crippen LogP contribution is 2.35. The van der Waals surface area contributed by atoms with Crippen molar-refractivity contribution in [3.05, 3.63) is 137 Å². The number of hydrogen-bond donors (Lipinski definition) is 0. The molecule has 0 saturated heterocycles. The summed E-state index contributed by atoms with van der Waals surface area (Å²) in [4.78, 5) is 0. The molecule has 0 bridgehead atoms. The minimum atomic E-state index is 0.978. The van der Waals surface area contributed by atoms with E-state index in [1.54, 1.807) is 0 Å². The zero-order valence-corrected chi connectivity index (χ0v) is 20.1. The van der Waals surface area contributed by atoms with Gasteiger partial charge < -0.3 is 4.57 Å². The van der Waals surface area contributed by atoms with Crippen LogP contribution in [0.1, 0.15) is 18.1 Å². The molecule has 1 aromatic heterocycles. The van der Waals surface area contributed by atoms with Gasteiger partial charge in [-0.2, -0.15) is 0 Å². The summed E-state index contributed by atoms with van der Waals surface area (Å²) in [6.07, 6.45) is 4.24. The summed E-state index contributed by atoms with van der Waals surface area (Å²) in [5, 5.41) is 2.47. The van der Waals surface area contributed by atoms with Crippen molar-refractivity contribution in [2.75, 3.05) is 0 Å². The molecule has 5 aromatic rings. The van der Waals surface area contributed by atoms with Crippen molar-refractivity contribution in [3.8, 4) is 5.69 Å². The van der Waals surface area contributed by atoms with E-state index >= 15 is 0 Å². The summed E-state index contributed by atoms with van der Waals surface area (Å²) >= 11 is 3.73. The Morgan fingerprint density at radius 1 is 0.727 bits per heavy atom. The molecule has 0 amide bonds. The summed E-state index contributed by atoms with van der Waals surface area (Å²) in [6.45, 7) is 6.46. The van der Waals surface area contributed by atoms with Gasteiger partial charge in [-0.3, -0.25) is 0 Å². The number of nitrogens with zero attached hydrogens (tertiary/aromatic N) is 1. The highest BCUT2D eigenvalue weighted by molar-refractivity contribution is 9.12. The molecule has 5 rings (SSSR count). The van der Waals surface area contributed by atoms with Crippen LogP contribution in [0, 0.1) is 0 Å². The van der Waals surface area contributed by atoms with Crippen LogP contribution in [0.3, 0.4) is 0 Å². The fraction of sp³-hybridized carbons (Fsp3) is 0.0323. The topological polar surface area (TPSA) is 4.93 Å². The minimum absolute atomic E-state index is 0.978. The maximum atomic E-state index is 4.43. The van der Waals surface area contributed by atoms with E-state index in [1.807, 2.05) is 13.0 Å². The molecule has 0 radical (unpaired) electrons. The van der Waals surface area contributed by atoms with Crippen molar-refractivity contribution in [2.24, 2.45) is 0 Å². The van der Waals surface area contributed by atoms with E-state index in [-0.39, 0.29) is 0 Å². The van der Waals surface area contributed by atoms with Crippen molar-refractivity contribution in [2.45, 2.75) is 6.92 Å². The lowest BCUT2D eigenvalue weighted by Crippen LogP contribution is -1.93. The molecule has 1 nitrogen and oxygen atoms in total. The van der Waals surface area contributed by atoms with E-state index in [9.17, 15) is 0 Å². The van der Waals surface area contributed by atoms with Gasteiger partial charge in [0.1, 0.15) is 0 Å². The number of hydrogen-bond acceptors (Lipinski definition) is 0. The lowest BCUT2D eigenvalue weighted by Gasteiger charge is -2.10. The van der Waals surface area contributed by atoms with Gasteiger partial charge >= 0.3 is 0 Å². The average molecular weight is 490 g/mol. The van der Waals surface area contributed by atoms with Gasteiger partial charge in [0.2, 0.25) is 0 Å². The van der Waals surface area contributed by atoms with Crippen molar-refractivity contribution in [1.29, 1.82) is 0 Å². The van der Waals surface area contributed by atoms with E-state index in [0.29, 0.717) is 0 Å². The van der Waals surface area contributed by atoms with Gasteiger partial charge in [-0.1, -0.05) is 101 Å². The molecule has 0 unspecified atom stereocenters. The second-order valence-corrected chi connectivity index (χ2v) is 8.86. The van der Waals surface area contributed by atoms with Crippen LogP contribution in [0.25, 0.3) is 38.6 Å². The number of fused-ring (bicyclic) bond motifs is 3. The van der Waals surface area contributed by atoms with E-state index in [0.717, 1.165) is 26.8 Å². The van der Waals surface area contributed by atoms with Gasteiger partial charge in [0.05, 0.1) is 11.0 Å².